The Labute approximate surface area is 215 Å². The molecule has 0 amide bonds. The topological polar surface area (TPSA) is 34.1 Å². The Balaban J connectivity index is 1.40. The van der Waals surface area contributed by atoms with Crippen LogP contribution in [0.15, 0.2) is 108 Å². The van der Waals surface area contributed by atoms with E-state index in [2.05, 4.69) is 54.6 Å². The van der Waals surface area contributed by atoms with E-state index in [-0.39, 0.29) is 4.90 Å². The molecule has 2 nitrogen and oxygen atoms in total. The summed E-state index contributed by atoms with van der Waals surface area (Å²) in [7, 11) is 2.08. The van der Waals surface area contributed by atoms with Crippen LogP contribution in [0, 0.1) is 0 Å². The van der Waals surface area contributed by atoms with E-state index in [0.717, 1.165) is 40.7 Å². The average Bonchev–Trinajstić information content (AvgIpc) is 3.46. The zero-order valence-corrected chi connectivity index (χ0v) is 20.9. The van der Waals surface area contributed by atoms with E-state index >= 15 is 0 Å². The van der Waals surface area contributed by atoms with Gasteiger partial charge in [0.2, 0.25) is 0 Å². The lowest BCUT2D eigenvalue weighted by Crippen LogP contribution is -1.99. The van der Waals surface area contributed by atoms with E-state index in [1.54, 1.807) is 6.07 Å². The summed E-state index contributed by atoms with van der Waals surface area (Å²) in [5.41, 5.74) is 13.2. The molecular formula is C32H21ClO2S. The van der Waals surface area contributed by atoms with Gasteiger partial charge in [-0.05, 0) is 80.1 Å². The van der Waals surface area contributed by atoms with Gasteiger partial charge in [-0.15, -0.1) is 0 Å². The second-order valence-corrected chi connectivity index (χ2v) is 12.0. The molecule has 5 aromatic rings. The van der Waals surface area contributed by atoms with Crippen molar-refractivity contribution in [2.45, 2.75) is 17.7 Å². The molecule has 5 aromatic carbocycles. The molecule has 0 aromatic heterocycles. The Hall–Kier alpha value is -3.66. The van der Waals surface area contributed by atoms with E-state index in [1.165, 1.54) is 33.4 Å². The molecular weight excluding hydrogens is 484 g/mol. The lowest BCUT2D eigenvalue weighted by Gasteiger charge is -2.15. The van der Waals surface area contributed by atoms with Gasteiger partial charge in [-0.1, -0.05) is 97.1 Å². The highest BCUT2D eigenvalue weighted by atomic mass is 35.7. The van der Waals surface area contributed by atoms with Crippen LogP contribution in [0.3, 0.4) is 0 Å². The lowest BCUT2D eigenvalue weighted by molar-refractivity contribution is 0.610. The van der Waals surface area contributed by atoms with Gasteiger partial charge in [0.25, 0.3) is 9.05 Å². The van der Waals surface area contributed by atoms with Gasteiger partial charge in [-0.25, -0.2) is 8.42 Å². The first-order valence-electron chi connectivity index (χ1n) is 12.0. The monoisotopic (exact) mass is 504 g/mol. The largest absolute Gasteiger partial charge is 0.261 e. The zero-order chi connectivity index (χ0) is 24.4. The van der Waals surface area contributed by atoms with Crippen molar-refractivity contribution in [2.75, 3.05) is 0 Å². The van der Waals surface area contributed by atoms with E-state index in [4.69, 9.17) is 10.7 Å². The highest BCUT2D eigenvalue weighted by Crippen LogP contribution is 2.45. The maximum atomic E-state index is 12.9. The highest BCUT2D eigenvalue weighted by Gasteiger charge is 2.26. The van der Waals surface area contributed by atoms with Gasteiger partial charge in [0.15, 0.2) is 0 Å². The molecule has 4 heteroatoms. The van der Waals surface area contributed by atoms with Gasteiger partial charge >= 0.3 is 0 Å². The maximum Gasteiger partial charge on any atom is 0.261 e. The lowest BCUT2D eigenvalue weighted by atomic mass is 9.92. The van der Waals surface area contributed by atoms with Crippen LogP contribution in [0.5, 0.6) is 0 Å². The molecule has 0 spiro atoms. The summed E-state index contributed by atoms with van der Waals surface area (Å²) in [6.45, 7) is 0. The van der Waals surface area contributed by atoms with Crippen molar-refractivity contribution in [3.05, 3.63) is 125 Å². The molecule has 36 heavy (non-hydrogen) atoms. The van der Waals surface area contributed by atoms with Crippen molar-refractivity contribution in [3.8, 4) is 44.5 Å². The van der Waals surface area contributed by atoms with Crippen LogP contribution in [0.2, 0.25) is 0 Å². The van der Waals surface area contributed by atoms with Crippen LogP contribution < -0.4 is 0 Å². The van der Waals surface area contributed by atoms with Gasteiger partial charge in [-0.3, -0.25) is 0 Å². The molecule has 0 fully saturated rings. The third kappa shape index (κ3) is 3.27. The molecule has 0 unspecified atom stereocenters. The molecule has 0 heterocycles. The van der Waals surface area contributed by atoms with E-state index in [0.29, 0.717) is 5.56 Å². The van der Waals surface area contributed by atoms with Crippen molar-refractivity contribution >= 4 is 19.7 Å². The van der Waals surface area contributed by atoms with Gasteiger partial charge in [0.05, 0.1) is 4.90 Å². The standard InChI is InChI=1S/C32H21ClO2S/c33-36(34,35)32-19-22(25-11-5-12-26-23-9-3-1-7-20(23)17-30(25)26)15-16-29(32)28-14-6-13-27-24-10-4-2-8-21(24)18-31(27)28/h1-16,19H,17-18H2. The molecule has 2 aliphatic carbocycles. The molecule has 0 bridgehead atoms. The van der Waals surface area contributed by atoms with Crippen LogP contribution in [-0.2, 0) is 21.9 Å². The van der Waals surface area contributed by atoms with Gasteiger partial charge < -0.3 is 0 Å². The van der Waals surface area contributed by atoms with Gasteiger partial charge in [0, 0.05) is 16.2 Å². The first-order valence-corrected chi connectivity index (χ1v) is 14.3. The van der Waals surface area contributed by atoms with Gasteiger partial charge in [-0.2, -0.15) is 0 Å². The highest BCUT2D eigenvalue weighted by molar-refractivity contribution is 8.13. The third-order valence-corrected chi connectivity index (χ3v) is 8.91. The van der Waals surface area contributed by atoms with Crippen molar-refractivity contribution in [1.29, 1.82) is 0 Å². The van der Waals surface area contributed by atoms with Crippen LogP contribution >= 0.6 is 10.7 Å². The van der Waals surface area contributed by atoms with Crippen LogP contribution in [0.25, 0.3) is 44.5 Å². The van der Waals surface area contributed by atoms with E-state index < -0.39 is 9.05 Å². The third-order valence-electron chi connectivity index (χ3n) is 7.55. The fraction of sp³-hybridized carbons (Fsp3) is 0.0625. The van der Waals surface area contributed by atoms with Crippen LogP contribution in [0.1, 0.15) is 22.3 Å². The zero-order valence-electron chi connectivity index (χ0n) is 19.3. The fourth-order valence-electron chi connectivity index (χ4n) is 5.95. The molecule has 0 saturated carbocycles. The quantitative estimate of drug-likeness (QED) is 0.228. The predicted octanol–water partition coefficient (Wildman–Crippen LogP) is 8.09. The number of benzene rings is 5. The summed E-state index contributed by atoms with van der Waals surface area (Å²) >= 11 is 0. The smallest absolute Gasteiger partial charge is 0.207 e. The Morgan fingerprint density at radius 2 is 0.972 bits per heavy atom. The number of hydrogen-bond acceptors (Lipinski definition) is 2. The Morgan fingerprint density at radius 3 is 1.56 bits per heavy atom. The molecule has 0 radical (unpaired) electrons. The van der Waals surface area contributed by atoms with Crippen molar-refractivity contribution in [2.24, 2.45) is 0 Å². The minimum absolute atomic E-state index is 0.152. The number of halogens is 1. The summed E-state index contributed by atoms with van der Waals surface area (Å²) in [5.74, 6) is 0. The van der Waals surface area contributed by atoms with Crippen molar-refractivity contribution in [3.63, 3.8) is 0 Å². The van der Waals surface area contributed by atoms with Crippen molar-refractivity contribution in [1.82, 2.24) is 0 Å². The Morgan fingerprint density at radius 1 is 0.500 bits per heavy atom. The second-order valence-electron chi connectivity index (χ2n) is 9.48. The molecule has 2 aliphatic rings. The molecule has 0 N–H and O–H groups in total. The number of fused-ring (bicyclic) bond motifs is 6. The first kappa shape index (κ1) is 21.6. The van der Waals surface area contributed by atoms with Gasteiger partial charge in [0.1, 0.15) is 0 Å². The van der Waals surface area contributed by atoms with Crippen molar-refractivity contribution < 1.29 is 8.42 Å². The summed E-state index contributed by atoms with van der Waals surface area (Å²) in [6, 6.07) is 34.8. The Kier molecular flexibility index (Phi) is 4.76. The summed E-state index contributed by atoms with van der Waals surface area (Å²) in [6.07, 6.45) is 1.60. The maximum absolute atomic E-state index is 12.9. The van der Waals surface area contributed by atoms with E-state index in [9.17, 15) is 8.42 Å². The predicted molar refractivity (Wildman–Crippen MR) is 147 cm³/mol. The second kappa shape index (κ2) is 7.92. The number of hydrogen-bond donors (Lipinski definition) is 0. The molecule has 0 atom stereocenters. The Bertz CT molecular complexity index is 1820. The molecule has 7 rings (SSSR count). The minimum atomic E-state index is -3.99. The normalized spacial score (nSPS) is 13.1. The molecule has 0 saturated heterocycles. The molecule has 174 valence electrons. The summed E-state index contributed by atoms with van der Waals surface area (Å²) in [5, 5.41) is 0. The summed E-state index contributed by atoms with van der Waals surface area (Å²) in [4.78, 5) is 0.152. The average molecular weight is 505 g/mol. The minimum Gasteiger partial charge on any atom is -0.207 e. The molecule has 0 aliphatic heterocycles. The number of rotatable bonds is 3. The van der Waals surface area contributed by atoms with Crippen LogP contribution in [0.4, 0.5) is 0 Å². The van der Waals surface area contributed by atoms with E-state index in [1.807, 2.05) is 42.5 Å². The summed E-state index contributed by atoms with van der Waals surface area (Å²) < 4.78 is 25.8. The first-order chi connectivity index (χ1) is 17.5. The SMILES string of the molecule is O=S(=O)(Cl)c1cc(-c2cccc3c2Cc2ccccc2-3)ccc1-c1cccc2c1Cc1ccccc1-2. The van der Waals surface area contributed by atoms with Crippen LogP contribution in [-0.4, -0.2) is 8.42 Å². The fourth-order valence-corrected chi connectivity index (χ4v) is 7.04.